The van der Waals surface area contributed by atoms with Gasteiger partial charge in [-0.25, -0.2) is 4.79 Å². The molecule has 5 nitrogen and oxygen atoms in total. The Morgan fingerprint density at radius 1 is 1.45 bits per heavy atom. The predicted octanol–water partition coefficient (Wildman–Crippen LogP) is 2.99. The molecule has 110 valence electrons. The summed E-state index contributed by atoms with van der Waals surface area (Å²) in [6, 6.07) is 2.93. The third-order valence-corrected chi connectivity index (χ3v) is 3.70. The summed E-state index contributed by atoms with van der Waals surface area (Å²) in [6.07, 6.45) is 5.03. The molecule has 0 spiro atoms. The Bertz CT molecular complexity index is 488. The molecule has 20 heavy (non-hydrogen) atoms. The normalized spacial score (nSPS) is 15.4. The minimum Gasteiger partial charge on any atom is -0.478 e. The molecule has 0 atom stereocenters. The average molecular weight is 299 g/mol. The molecule has 0 bridgehead atoms. The molecule has 0 unspecified atom stereocenters. The Morgan fingerprint density at radius 3 is 2.80 bits per heavy atom. The highest BCUT2D eigenvalue weighted by atomic mass is 35.5. The number of halogens is 1. The maximum absolute atomic E-state index is 11.2. The van der Waals surface area contributed by atoms with E-state index in [1.165, 1.54) is 25.0 Å². The van der Waals surface area contributed by atoms with Crippen LogP contribution in [0.25, 0.3) is 0 Å². The van der Waals surface area contributed by atoms with E-state index in [2.05, 4.69) is 5.32 Å². The number of nitrogens with two attached hydrogens (primary N) is 1. The maximum Gasteiger partial charge on any atom is 0.337 e. The van der Waals surface area contributed by atoms with Gasteiger partial charge in [-0.3, -0.25) is 0 Å². The van der Waals surface area contributed by atoms with Crippen LogP contribution in [0.2, 0.25) is 5.02 Å². The monoisotopic (exact) mass is 298 g/mol. The lowest BCUT2D eigenvalue weighted by Crippen LogP contribution is -2.17. The first-order chi connectivity index (χ1) is 9.58. The number of rotatable bonds is 6. The van der Waals surface area contributed by atoms with Gasteiger partial charge in [-0.1, -0.05) is 24.4 Å². The molecule has 4 N–H and O–H groups in total. The molecule has 0 amide bonds. The summed E-state index contributed by atoms with van der Waals surface area (Å²) in [5.74, 6) is -1.06. The lowest BCUT2D eigenvalue weighted by Gasteiger charge is -2.14. The van der Waals surface area contributed by atoms with Gasteiger partial charge in [0.25, 0.3) is 0 Å². The van der Waals surface area contributed by atoms with E-state index >= 15 is 0 Å². The van der Waals surface area contributed by atoms with Gasteiger partial charge >= 0.3 is 5.97 Å². The highest BCUT2D eigenvalue weighted by Crippen LogP contribution is 2.29. The molecule has 1 aliphatic carbocycles. The number of benzene rings is 1. The van der Waals surface area contributed by atoms with Crippen molar-refractivity contribution in [3.63, 3.8) is 0 Å². The number of aromatic carboxylic acids is 1. The van der Waals surface area contributed by atoms with Crippen LogP contribution in [0.4, 0.5) is 11.4 Å². The van der Waals surface area contributed by atoms with Crippen LogP contribution >= 0.6 is 11.6 Å². The van der Waals surface area contributed by atoms with Crippen molar-refractivity contribution < 1.29 is 14.6 Å². The van der Waals surface area contributed by atoms with Gasteiger partial charge in [0.2, 0.25) is 0 Å². The fourth-order valence-corrected chi connectivity index (χ4v) is 2.73. The van der Waals surface area contributed by atoms with Crippen molar-refractivity contribution in [3.8, 4) is 0 Å². The number of carboxylic acids is 1. The number of nitrogen functional groups attached to an aromatic ring is 1. The number of anilines is 2. The van der Waals surface area contributed by atoms with Crippen LogP contribution in [-0.2, 0) is 4.74 Å². The first-order valence-corrected chi connectivity index (χ1v) is 7.13. The van der Waals surface area contributed by atoms with E-state index in [4.69, 9.17) is 27.2 Å². The fraction of sp³-hybridized carbons (Fsp3) is 0.500. The third kappa shape index (κ3) is 3.77. The molecule has 0 aromatic heterocycles. The summed E-state index contributed by atoms with van der Waals surface area (Å²) in [4.78, 5) is 11.2. The van der Waals surface area contributed by atoms with E-state index in [-0.39, 0.29) is 5.56 Å². The molecule has 0 aliphatic heterocycles. The highest BCUT2D eigenvalue weighted by molar-refractivity contribution is 6.34. The first-order valence-electron chi connectivity index (χ1n) is 6.75. The Hall–Kier alpha value is -1.46. The first kappa shape index (κ1) is 14.9. The lowest BCUT2D eigenvalue weighted by molar-refractivity contribution is 0.0656. The van der Waals surface area contributed by atoms with Crippen molar-refractivity contribution in [2.24, 2.45) is 0 Å². The molecule has 1 saturated carbocycles. The number of hydrogen-bond acceptors (Lipinski definition) is 4. The van der Waals surface area contributed by atoms with Crippen LogP contribution in [0.5, 0.6) is 0 Å². The maximum atomic E-state index is 11.2. The van der Waals surface area contributed by atoms with Crippen LogP contribution in [0, 0.1) is 0 Å². The molecule has 0 heterocycles. The second-order valence-electron chi connectivity index (χ2n) is 4.93. The van der Waals surface area contributed by atoms with E-state index in [1.807, 2.05) is 0 Å². The van der Waals surface area contributed by atoms with E-state index in [0.717, 1.165) is 12.8 Å². The van der Waals surface area contributed by atoms with Crippen LogP contribution in [0.3, 0.4) is 0 Å². The van der Waals surface area contributed by atoms with Gasteiger partial charge in [0, 0.05) is 12.2 Å². The Kier molecular flexibility index (Phi) is 5.09. The number of carbonyl (C=O) groups is 1. The summed E-state index contributed by atoms with van der Waals surface area (Å²) in [5.41, 5.74) is 6.41. The number of carboxylic acid groups (broad SMARTS) is 1. The fourth-order valence-electron chi connectivity index (χ4n) is 2.43. The van der Waals surface area contributed by atoms with E-state index in [9.17, 15) is 4.79 Å². The summed E-state index contributed by atoms with van der Waals surface area (Å²) in [7, 11) is 0. The second-order valence-corrected chi connectivity index (χ2v) is 5.34. The molecule has 2 rings (SSSR count). The molecule has 0 radical (unpaired) electrons. The van der Waals surface area contributed by atoms with Crippen molar-refractivity contribution in [1.29, 1.82) is 0 Å². The molecular formula is C14H19ClN2O3. The van der Waals surface area contributed by atoms with Crippen LogP contribution in [0.15, 0.2) is 12.1 Å². The molecular weight excluding hydrogens is 280 g/mol. The minimum absolute atomic E-state index is 0.0795. The van der Waals surface area contributed by atoms with Gasteiger partial charge in [0.1, 0.15) is 0 Å². The summed E-state index contributed by atoms with van der Waals surface area (Å²) < 4.78 is 5.71. The average Bonchev–Trinajstić information content (AvgIpc) is 2.88. The van der Waals surface area contributed by atoms with Gasteiger partial charge in [-0.15, -0.1) is 0 Å². The Labute approximate surface area is 123 Å². The van der Waals surface area contributed by atoms with Crippen LogP contribution < -0.4 is 11.1 Å². The zero-order chi connectivity index (χ0) is 14.5. The van der Waals surface area contributed by atoms with Crippen molar-refractivity contribution in [2.75, 3.05) is 24.2 Å². The Morgan fingerprint density at radius 2 is 2.15 bits per heavy atom. The third-order valence-electron chi connectivity index (χ3n) is 3.40. The van der Waals surface area contributed by atoms with E-state index in [1.54, 1.807) is 0 Å². The quantitative estimate of drug-likeness (QED) is 0.555. The van der Waals surface area contributed by atoms with Gasteiger partial charge in [0.05, 0.1) is 29.0 Å². The van der Waals surface area contributed by atoms with E-state index in [0.29, 0.717) is 35.7 Å². The zero-order valence-corrected chi connectivity index (χ0v) is 11.9. The number of hydrogen-bond donors (Lipinski definition) is 3. The standard InChI is InChI=1S/C14H19ClN2O3/c15-12-8-9(16)7-11(14(18)19)13(12)17-5-6-20-10-3-1-2-4-10/h7-8,10,17H,1-6,16H2,(H,18,19). The van der Waals surface area contributed by atoms with Crippen molar-refractivity contribution in [2.45, 2.75) is 31.8 Å². The van der Waals surface area contributed by atoms with Crippen LogP contribution in [-0.4, -0.2) is 30.3 Å². The molecule has 1 aromatic rings. The van der Waals surface area contributed by atoms with Gasteiger partial charge < -0.3 is 20.9 Å². The molecule has 6 heteroatoms. The Balaban J connectivity index is 1.92. The minimum atomic E-state index is -1.06. The summed E-state index contributed by atoms with van der Waals surface area (Å²) >= 11 is 6.04. The van der Waals surface area contributed by atoms with Crippen molar-refractivity contribution >= 4 is 28.9 Å². The summed E-state index contributed by atoms with van der Waals surface area (Å²) in [5, 5.41) is 12.5. The highest BCUT2D eigenvalue weighted by Gasteiger charge is 2.16. The molecule has 1 fully saturated rings. The van der Waals surface area contributed by atoms with Gasteiger partial charge in [0.15, 0.2) is 0 Å². The number of ether oxygens (including phenoxy) is 1. The molecule has 0 saturated heterocycles. The van der Waals surface area contributed by atoms with Crippen molar-refractivity contribution in [3.05, 3.63) is 22.7 Å². The topological polar surface area (TPSA) is 84.6 Å². The zero-order valence-electron chi connectivity index (χ0n) is 11.2. The molecule has 1 aromatic carbocycles. The van der Waals surface area contributed by atoms with Crippen LogP contribution in [0.1, 0.15) is 36.0 Å². The van der Waals surface area contributed by atoms with E-state index < -0.39 is 5.97 Å². The smallest absolute Gasteiger partial charge is 0.337 e. The largest absolute Gasteiger partial charge is 0.478 e. The summed E-state index contributed by atoms with van der Waals surface area (Å²) in [6.45, 7) is 1.05. The molecule has 1 aliphatic rings. The predicted molar refractivity (Wildman–Crippen MR) is 79.5 cm³/mol. The van der Waals surface area contributed by atoms with Crippen molar-refractivity contribution in [1.82, 2.24) is 0 Å². The second kappa shape index (κ2) is 6.81. The van der Waals surface area contributed by atoms with Gasteiger partial charge in [-0.2, -0.15) is 0 Å². The number of nitrogens with one attached hydrogen (secondary N) is 1. The SMILES string of the molecule is Nc1cc(Cl)c(NCCOC2CCCC2)c(C(=O)O)c1. The van der Waals surface area contributed by atoms with Gasteiger partial charge in [-0.05, 0) is 25.0 Å². The lowest BCUT2D eigenvalue weighted by atomic mass is 10.1.